The maximum absolute atomic E-state index is 9.29. The minimum absolute atomic E-state index is 0.106. The van der Waals surface area contributed by atoms with Crippen LogP contribution in [0.5, 0.6) is 0 Å². The zero-order valence-electron chi connectivity index (χ0n) is 16.9. The van der Waals surface area contributed by atoms with Gasteiger partial charge in [0.05, 0.1) is 19.3 Å². The molecule has 0 aromatic carbocycles. The Morgan fingerprint density at radius 2 is 1.38 bits per heavy atom. The molecule has 0 fully saturated rings. The van der Waals surface area contributed by atoms with Gasteiger partial charge in [-0.1, -0.05) is 75.3 Å². The minimum Gasteiger partial charge on any atom is -0.394 e. The van der Waals surface area contributed by atoms with E-state index >= 15 is 0 Å². The number of ether oxygens (including phenoxy) is 1. The van der Waals surface area contributed by atoms with Crippen molar-refractivity contribution in [3.05, 3.63) is 48.6 Å². The molecular formula is C23H40O3. The molecular weight excluding hydrogens is 324 g/mol. The Morgan fingerprint density at radius 3 is 1.92 bits per heavy atom. The molecule has 2 unspecified atom stereocenters. The lowest BCUT2D eigenvalue weighted by atomic mass is 10.2. The highest BCUT2D eigenvalue weighted by Crippen LogP contribution is 2.06. The Balaban J connectivity index is 3.66. The maximum Gasteiger partial charge on any atom is 0.100 e. The largest absolute Gasteiger partial charge is 0.394 e. The molecule has 0 aromatic heterocycles. The smallest absolute Gasteiger partial charge is 0.100 e. The van der Waals surface area contributed by atoms with Gasteiger partial charge in [-0.2, -0.15) is 0 Å². The van der Waals surface area contributed by atoms with Gasteiger partial charge in [0.25, 0.3) is 0 Å². The summed E-state index contributed by atoms with van der Waals surface area (Å²) in [5.41, 5.74) is 0. The van der Waals surface area contributed by atoms with Crippen molar-refractivity contribution in [1.29, 1.82) is 0 Å². The highest BCUT2D eigenvalue weighted by molar-refractivity contribution is 4.99. The number of unbranched alkanes of at least 4 members (excludes halogenated alkanes) is 3. The Hall–Kier alpha value is -1.16. The summed E-state index contributed by atoms with van der Waals surface area (Å²) in [6, 6.07) is 0. The molecule has 0 aliphatic heterocycles. The third-order valence-electron chi connectivity index (χ3n) is 4.05. The van der Waals surface area contributed by atoms with Crippen LogP contribution in [0.3, 0.4) is 0 Å². The Morgan fingerprint density at radius 1 is 0.808 bits per heavy atom. The molecule has 0 radical (unpaired) electrons. The van der Waals surface area contributed by atoms with Crippen LogP contribution in [0, 0.1) is 0 Å². The molecule has 0 aliphatic carbocycles. The zero-order valence-corrected chi connectivity index (χ0v) is 16.9. The van der Waals surface area contributed by atoms with Crippen molar-refractivity contribution in [2.75, 3.05) is 13.2 Å². The number of aliphatic hydroxyl groups excluding tert-OH is 2. The summed E-state index contributed by atoms with van der Waals surface area (Å²) in [5, 5.41) is 18.1. The summed E-state index contributed by atoms with van der Waals surface area (Å²) >= 11 is 0. The summed E-state index contributed by atoms with van der Waals surface area (Å²) in [6.07, 6.45) is 26.8. The molecule has 0 rings (SSSR count). The molecule has 0 heterocycles. The van der Waals surface area contributed by atoms with Gasteiger partial charge >= 0.3 is 0 Å². The second kappa shape index (κ2) is 20.2. The van der Waals surface area contributed by atoms with Crippen LogP contribution in [0.25, 0.3) is 0 Å². The van der Waals surface area contributed by atoms with Gasteiger partial charge < -0.3 is 14.9 Å². The Bertz CT molecular complexity index is 396. The first-order valence-electron chi connectivity index (χ1n) is 10.2. The standard InChI is InChI=1S/C23H40O3/c1-3-5-6-7-8-9-10-11-12-13-14-15-16-17-18-19-23(4-2)26-21-22(25)20-24/h8-9,11-12,14-15,17-18,22-25H,3-7,10,13,16,19-21H2,1-2H3/b9-8-,12-11-,15-14-,18-17-. The van der Waals surface area contributed by atoms with Gasteiger partial charge in [-0.15, -0.1) is 0 Å². The molecule has 2 N–H and O–H groups in total. The average Bonchev–Trinajstić information content (AvgIpc) is 2.66. The van der Waals surface area contributed by atoms with Crippen LogP contribution in [0.1, 0.15) is 71.6 Å². The third-order valence-corrected chi connectivity index (χ3v) is 4.05. The lowest BCUT2D eigenvalue weighted by molar-refractivity contribution is -0.0284. The van der Waals surface area contributed by atoms with Crippen LogP contribution in [0.2, 0.25) is 0 Å². The van der Waals surface area contributed by atoms with Gasteiger partial charge in [0.2, 0.25) is 0 Å². The van der Waals surface area contributed by atoms with Gasteiger partial charge in [-0.3, -0.25) is 0 Å². The van der Waals surface area contributed by atoms with Crippen molar-refractivity contribution in [1.82, 2.24) is 0 Å². The lowest BCUT2D eigenvalue weighted by Crippen LogP contribution is -2.23. The van der Waals surface area contributed by atoms with Crippen LogP contribution >= 0.6 is 0 Å². The van der Waals surface area contributed by atoms with Gasteiger partial charge in [0.15, 0.2) is 0 Å². The summed E-state index contributed by atoms with van der Waals surface area (Å²) < 4.78 is 5.57. The van der Waals surface area contributed by atoms with Crippen LogP contribution < -0.4 is 0 Å². The number of allylic oxidation sites excluding steroid dienone is 7. The van der Waals surface area contributed by atoms with Crippen molar-refractivity contribution in [3.63, 3.8) is 0 Å². The summed E-state index contributed by atoms with van der Waals surface area (Å²) in [6.45, 7) is 4.25. The van der Waals surface area contributed by atoms with Gasteiger partial charge in [0.1, 0.15) is 6.10 Å². The fourth-order valence-electron chi connectivity index (χ4n) is 2.34. The molecule has 150 valence electrons. The highest BCUT2D eigenvalue weighted by Gasteiger charge is 2.08. The van der Waals surface area contributed by atoms with E-state index in [4.69, 9.17) is 9.84 Å². The van der Waals surface area contributed by atoms with E-state index in [9.17, 15) is 5.11 Å². The first-order chi connectivity index (χ1) is 12.7. The van der Waals surface area contributed by atoms with Gasteiger partial charge in [-0.05, 0) is 44.9 Å². The van der Waals surface area contributed by atoms with E-state index in [-0.39, 0.29) is 19.3 Å². The predicted molar refractivity (Wildman–Crippen MR) is 112 cm³/mol. The van der Waals surface area contributed by atoms with E-state index in [2.05, 4.69) is 62.5 Å². The second-order valence-corrected chi connectivity index (χ2v) is 6.52. The third kappa shape index (κ3) is 17.7. The van der Waals surface area contributed by atoms with Gasteiger partial charge in [0, 0.05) is 0 Å². The summed E-state index contributed by atoms with van der Waals surface area (Å²) in [4.78, 5) is 0. The van der Waals surface area contributed by atoms with E-state index in [1.54, 1.807) is 0 Å². The fraction of sp³-hybridized carbons (Fsp3) is 0.652. The first-order valence-corrected chi connectivity index (χ1v) is 10.2. The van der Waals surface area contributed by atoms with E-state index < -0.39 is 6.10 Å². The van der Waals surface area contributed by atoms with E-state index in [0.717, 1.165) is 32.1 Å². The minimum atomic E-state index is -0.777. The van der Waals surface area contributed by atoms with Crippen molar-refractivity contribution in [2.45, 2.75) is 83.8 Å². The average molecular weight is 365 g/mol. The highest BCUT2D eigenvalue weighted by atomic mass is 16.5. The molecule has 0 saturated carbocycles. The molecule has 0 bridgehead atoms. The summed E-state index contributed by atoms with van der Waals surface area (Å²) in [7, 11) is 0. The van der Waals surface area contributed by atoms with Crippen LogP contribution in [-0.2, 0) is 4.74 Å². The SMILES string of the molecule is CCCCC/C=C\C/C=C\C/C=C\C/C=C\CC(CC)OCC(O)CO. The zero-order chi connectivity index (χ0) is 19.3. The van der Waals surface area contributed by atoms with Crippen molar-refractivity contribution in [3.8, 4) is 0 Å². The molecule has 0 aromatic rings. The Labute approximate surface area is 161 Å². The number of hydrogen-bond acceptors (Lipinski definition) is 3. The maximum atomic E-state index is 9.29. The van der Waals surface area contributed by atoms with Crippen molar-refractivity contribution in [2.24, 2.45) is 0 Å². The fourth-order valence-corrected chi connectivity index (χ4v) is 2.34. The number of rotatable bonds is 17. The quantitative estimate of drug-likeness (QED) is 0.265. The monoisotopic (exact) mass is 364 g/mol. The molecule has 3 heteroatoms. The van der Waals surface area contributed by atoms with Crippen LogP contribution in [-0.4, -0.2) is 35.6 Å². The van der Waals surface area contributed by atoms with Crippen LogP contribution in [0.4, 0.5) is 0 Å². The first kappa shape index (κ1) is 24.8. The van der Waals surface area contributed by atoms with Crippen molar-refractivity contribution < 1.29 is 14.9 Å². The lowest BCUT2D eigenvalue weighted by Gasteiger charge is -2.16. The van der Waals surface area contributed by atoms with E-state index in [1.165, 1.54) is 25.7 Å². The van der Waals surface area contributed by atoms with Gasteiger partial charge in [-0.25, -0.2) is 0 Å². The molecule has 0 amide bonds. The molecule has 2 atom stereocenters. The van der Waals surface area contributed by atoms with Crippen molar-refractivity contribution >= 4 is 0 Å². The topological polar surface area (TPSA) is 49.7 Å². The molecule has 26 heavy (non-hydrogen) atoms. The molecule has 0 spiro atoms. The molecule has 0 aliphatic rings. The number of aliphatic hydroxyl groups is 2. The normalized spacial score (nSPS) is 15.1. The second-order valence-electron chi connectivity index (χ2n) is 6.52. The number of hydrogen-bond donors (Lipinski definition) is 2. The molecule has 0 saturated heterocycles. The molecule has 3 nitrogen and oxygen atoms in total. The van der Waals surface area contributed by atoms with E-state index in [0.29, 0.717) is 0 Å². The predicted octanol–water partition coefficient (Wildman–Crippen LogP) is 5.50. The van der Waals surface area contributed by atoms with E-state index in [1.807, 2.05) is 0 Å². The Kier molecular flexibility index (Phi) is 19.3. The van der Waals surface area contributed by atoms with Crippen LogP contribution in [0.15, 0.2) is 48.6 Å². The summed E-state index contributed by atoms with van der Waals surface area (Å²) in [5.74, 6) is 0.